The van der Waals surface area contributed by atoms with Crippen molar-refractivity contribution in [3.63, 3.8) is 0 Å². The van der Waals surface area contributed by atoms with Gasteiger partial charge in [-0.3, -0.25) is 0 Å². The Balaban J connectivity index is 2.19. The fraction of sp³-hybridized carbons (Fsp3) is 0.364. The Kier molecular flexibility index (Phi) is 2.98. The number of alkyl halides is 3. The van der Waals surface area contributed by atoms with Crippen LogP contribution in [0.25, 0.3) is 5.57 Å². The second-order valence-corrected chi connectivity index (χ2v) is 9.35. The van der Waals surface area contributed by atoms with E-state index in [0.29, 0.717) is 0 Å². The Morgan fingerprint density at radius 2 is 2.31 bits per heavy atom. The molecule has 1 aliphatic rings. The van der Waals surface area contributed by atoms with Crippen LogP contribution in [0.3, 0.4) is 0 Å². The van der Waals surface area contributed by atoms with Gasteiger partial charge in [0.2, 0.25) is 0 Å². The third-order valence-corrected chi connectivity index (χ3v) is 6.59. The molecule has 0 fully saturated rings. The maximum atomic E-state index is 4.38. The minimum atomic E-state index is -0.516. The minimum absolute atomic E-state index is 0.516. The summed E-state index contributed by atoms with van der Waals surface area (Å²) < 4.78 is 2.84. The second-order valence-electron chi connectivity index (χ2n) is 3.26. The van der Waals surface area contributed by atoms with Gasteiger partial charge in [0.25, 0.3) is 0 Å². The molecule has 2 rings (SSSR count). The Morgan fingerprint density at radius 1 is 1.38 bits per heavy atom. The van der Waals surface area contributed by atoms with Crippen LogP contribution in [0.5, 0.6) is 0 Å². The molecule has 0 aromatic carbocycles. The van der Waals surface area contributed by atoms with Crippen LogP contribution in [0.1, 0.15) is 12.1 Å². The van der Waals surface area contributed by atoms with Crippen LogP contribution < -0.4 is 0 Å². The monoisotopic (exact) mass is 287 g/mol. The van der Waals surface area contributed by atoms with Gasteiger partial charge in [-0.05, 0) is 0 Å². The average Bonchev–Trinajstić information content (AvgIpc) is 2.20. The molecule has 2 heterocycles. The van der Waals surface area contributed by atoms with Crippen molar-refractivity contribution in [1.82, 2.24) is 4.98 Å². The first kappa shape index (κ1) is 9.19. The van der Waals surface area contributed by atoms with Crippen LogP contribution >= 0.6 is 19.8 Å². The molecule has 0 spiro atoms. The summed E-state index contributed by atoms with van der Waals surface area (Å²) >= 11 is -0.516. The van der Waals surface area contributed by atoms with Crippen molar-refractivity contribution < 1.29 is 0 Å². The van der Waals surface area contributed by atoms with Crippen LogP contribution in [-0.2, 0) is 0 Å². The normalized spacial score (nSPS) is 19.8. The van der Waals surface area contributed by atoms with Crippen LogP contribution in [0, 0.1) is 0 Å². The summed E-state index contributed by atoms with van der Waals surface area (Å²) in [5.74, 6) is 0. The van der Waals surface area contributed by atoms with Gasteiger partial charge in [0.15, 0.2) is 0 Å². The maximum absolute atomic E-state index is 4.38. The van der Waals surface area contributed by atoms with Gasteiger partial charge in [-0.25, -0.2) is 0 Å². The number of halogens is 1. The van der Waals surface area contributed by atoms with E-state index in [9.17, 15) is 0 Å². The molecule has 1 aliphatic heterocycles. The molecule has 0 radical (unpaired) electrons. The molecule has 0 saturated heterocycles. The first-order valence-corrected chi connectivity index (χ1v) is 9.69. The van der Waals surface area contributed by atoms with Crippen molar-refractivity contribution in [2.45, 2.75) is 6.42 Å². The molecule has 2 heteroatoms. The molecule has 0 unspecified atom stereocenters. The van der Waals surface area contributed by atoms with Gasteiger partial charge in [0.1, 0.15) is 0 Å². The summed E-state index contributed by atoms with van der Waals surface area (Å²) in [6.45, 7) is 0. The van der Waals surface area contributed by atoms with Gasteiger partial charge in [0, 0.05) is 0 Å². The average molecular weight is 287 g/mol. The van der Waals surface area contributed by atoms with Crippen molar-refractivity contribution >= 4 is 25.4 Å². The number of hydrogen-bond acceptors (Lipinski definition) is 1. The van der Waals surface area contributed by atoms with Gasteiger partial charge in [-0.15, -0.1) is 0 Å². The molecule has 13 heavy (non-hydrogen) atoms. The predicted molar refractivity (Wildman–Crippen MR) is 66.5 cm³/mol. The van der Waals surface area contributed by atoms with Crippen molar-refractivity contribution in [1.29, 1.82) is 0 Å². The molecular formula is C11H14IN. The van der Waals surface area contributed by atoms with Gasteiger partial charge in [-0.2, -0.15) is 0 Å². The zero-order chi connectivity index (χ0) is 9.10. The van der Waals surface area contributed by atoms with E-state index in [-0.39, 0.29) is 0 Å². The molecule has 1 nitrogen and oxygen atoms in total. The second kappa shape index (κ2) is 4.22. The number of allylic oxidation sites excluding steroid dienone is 2. The van der Waals surface area contributed by atoms with Crippen LogP contribution in [0.2, 0.25) is 0 Å². The summed E-state index contributed by atoms with van der Waals surface area (Å²) in [6.07, 6.45) is 5.56. The quantitative estimate of drug-likeness (QED) is 0.571. The molecule has 1 aromatic heterocycles. The van der Waals surface area contributed by atoms with Crippen LogP contribution in [0.4, 0.5) is 0 Å². The summed E-state index contributed by atoms with van der Waals surface area (Å²) in [7, 11) is 0. The first-order chi connectivity index (χ1) is 6.36. The van der Waals surface area contributed by atoms with E-state index >= 15 is 0 Å². The topological polar surface area (TPSA) is 12.9 Å². The van der Waals surface area contributed by atoms with E-state index in [4.69, 9.17) is 0 Å². The van der Waals surface area contributed by atoms with Gasteiger partial charge < -0.3 is 0 Å². The zero-order valence-corrected chi connectivity index (χ0v) is 9.99. The molecule has 70 valence electrons. The van der Waals surface area contributed by atoms with Gasteiger partial charge in [-0.1, -0.05) is 0 Å². The van der Waals surface area contributed by atoms with E-state index in [1.54, 1.807) is 0 Å². The first-order valence-electron chi connectivity index (χ1n) is 4.48. The van der Waals surface area contributed by atoms with Crippen molar-refractivity contribution in [2.24, 2.45) is 0 Å². The molecular weight excluding hydrogens is 273 g/mol. The number of hydrogen-bond donors (Lipinski definition) is 0. The third kappa shape index (κ3) is 2.30. The summed E-state index contributed by atoms with van der Waals surface area (Å²) in [6, 6.07) is 6.16. The summed E-state index contributed by atoms with van der Waals surface area (Å²) in [4.78, 5) is 6.84. The van der Waals surface area contributed by atoms with E-state index < -0.39 is 19.8 Å². The number of aromatic nitrogens is 1. The summed E-state index contributed by atoms with van der Waals surface area (Å²) in [5, 5.41) is 0. The molecule has 0 bridgehead atoms. The molecule has 0 aliphatic carbocycles. The van der Waals surface area contributed by atoms with Crippen molar-refractivity contribution in [2.75, 3.05) is 13.8 Å². The van der Waals surface area contributed by atoms with E-state index in [0.717, 1.165) is 0 Å². The third-order valence-electron chi connectivity index (χ3n) is 2.27. The molecule has 0 atom stereocenters. The fourth-order valence-corrected chi connectivity index (χ4v) is 4.68. The predicted octanol–water partition coefficient (Wildman–Crippen LogP) is 3.00. The Hall–Kier alpha value is -0.380. The van der Waals surface area contributed by atoms with Gasteiger partial charge >= 0.3 is 86.7 Å². The Morgan fingerprint density at radius 3 is 2.92 bits per heavy atom. The molecule has 0 amide bonds. The van der Waals surface area contributed by atoms with Crippen molar-refractivity contribution in [3.8, 4) is 0 Å². The molecule has 0 N–H and O–H groups in total. The van der Waals surface area contributed by atoms with E-state index in [1.807, 2.05) is 12.3 Å². The number of pyridine rings is 1. The number of rotatable bonds is 1. The molecule has 1 aromatic rings. The van der Waals surface area contributed by atoms with Crippen molar-refractivity contribution in [3.05, 3.63) is 36.2 Å². The summed E-state index contributed by atoms with van der Waals surface area (Å²) in [5.41, 5.74) is 2.66. The SMILES string of the molecule is CI1CC=C(c2ccccn2)CC1. The van der Waals surface area contributed by atoms with Gasteiger partial charge in [0.05, 0.1) is 0 Å². The zero-order valence-electron chi connectivity index (χ0n) is 7.83. The number of nitrogens with zero attached hydrogens (tertiary/aromatic N) is 1. The van der Waals surface area contributed by atoms with Crippen LogP contribution in [0.15, 0.2) is 30.5 Å². The fourth-order valence-electron chi connectivity index (χ4n) is 1.45. The van der Waals surface area contributed by atoms with E-state index in [1.165, 1.54) is 26.5 Å². The van der Waals surface area contributed by atoms with E-state index in [2.05, 4.69) is 28.1 Å². The Labute approximate surface area is 86.7 Å². The van der Waals surface area contributed by atoms with Crippen LogP contribution in [-0.4, -0.2) is 18.8 Å². The Bertz CT molecular complexity index is 305. The molecule has 0 saturated carbocycles. The standard InChI is InChI=1S/C11H14IN/c1-12-7-5-10(6-8-12)11-4-2-3-9-13-11/h2-5,9H,6-8H2,1H3.